The van der Waals surface area contributed by atoms with E-state index in [2.05, 4.69) is 10.5 Å². The van der Waals surface area contributed by atoms with Crippen molar-refractivity contribution in [2.24, 2.45) is 5.84 Å². The molecule has 2 aromatic rings. The number of halogens is 1. The van der Waals surface area contributed by atoms with Crippen LogP contribution in [0.2, 0.25) is 0 Å². The Morgan fingerprint density at radius 2 is 2.06 bits per heavy atom. The van der Waals surface area contributed by atoms with Crippen molar-refractivity contribution >= 4 is 0 Å². The molecular weight excluding hydrogens is 219 g/mol. The Balaban J connectivity index is 2.29. The molecule has 0 saturated carbocycles. The number of hydrogen-bond acceptors (Lipinski definition) is 3. The molecule has 1 unspecified atom stereocenters. The normalized spacial score (nSPS) is 12.6. The van der Waals surface area contributed by atoms with Crippen LogP contribution in [-0.4, -0.2) is 9.78 Å². The summed E-state index contributed by atoms with van der Waals surface area (Å²) in [6.07, 6.45) is 3.69. The van der Waals surface area contributed by atoms with Gasteiger partial charge in [-0.3, -0.25) is 10.5 Å². The van der Waals surface area contributed by atoms with Gasteiger partial charge in [0.2, 0.25) is 0 Å². The standard InChI is InChI=1S/C12H15FN4/c1-2-17-8-10(7-15-17)12(16-14)9-3-5-11(13)6-4-9/h3-8,12,16H,2,14H2,1H3. The van der Waals surface area contributed by atoms with E-state index >= 15 is 0 Å². The predicted octanol–water partition coefficient (Wildman–Crippen LogP) is 1.59. The van der Waals surface area contributed by atoms with Crippen molar-refractivity contribution in [1.82, 2.24) is 15.2 Å². The minimum absolute atomic E-state index is 0.170. The second kappa shape index (κ2) is 5.07. The van der Waals surface area contributed by atoms with Gasteiger partial charge < -0.3 is 0 Å². The topological polar surface area (TPSA) is 55.9 Å². The molecule has 0 amide bonds. The summed E-state index contributed by atoms with van der Waals surface area (Å²) < 4.78 is 14.7. The molecule has 1 aromatic carbocycles. The third-order valence-corrected chi connectivity index (χ3v) is 2.68. The number of hydrogen-bond donors (Lipinski definition) is 2. The second-order valence-electron chi connectivity index (χ2n) is 3.78. The molecule has 0 saturated heterocycles. The zero-order chi connectivity index (χ0) is 12.3. The predicted molar refractivity (Wildman–Crippen MR) is 63.5 cm³/mol. The molecule has 3 N–H and O–H groups in total. The Morgan fingerprint density at radius 1 is 1.35 bits per heavy atom. The van der Waals surface area contributed by atoms with Gasteiger partial charge in [0.15, 0.2) is 0 Å². The molecule has 17 heavy (non-hydrogen) atoms. The fraction of sp³-hybridized carbons (Fsp3) is 0.250. The maximum absolute atomic E-state index is 12.8. The van der Waals surface area contributed by atoms with E-state index in [0.717, 1.165) is 17.7 Å². The second-order valence-corrected chi connectivity index (χ2v) is 3.78. The molecule has 0 radical (unpaired) electrons. The van der Waals surface area contributed by atoms with Gasteiger partial charge in [0.25, 0.3) is 0 Å². The van der Waals surface area contributed by atoms with E-state index in [9.17, 15) is 4.39 Å². The van der Waals surface area contributed by atoms with Gasteiger partial charge >= 0.3 is 0 Å². The van der Waals surface area contributed by atoms with Gasteiger partial charge in [0, 0.05) is 18.3 Å². The van der Waals surface area contributed by atoms with Crippen LogP contribution < -0.4 is 11.3 Å². The smallest absolute Gasteiger partial charge is 0.123 e. The number of rotatable bonds is 4. The summed E-state index contributed by atoms with van der Waals surface area (Å²) in [6, 6.07) is 6.09. The van der Waals surface area contributed by atoms with Crippen molar-refractivity contribution in [1.29, 1.82) is 0 Å². The molecule has 4 nitrogen and oxygen atoms in total. The lowest BCUT2D eigenvalue weighted by Crippen LogP contribution is -2.28. The molecule has 1 atom stereocenters. The number of benzene rings is 1. The van der Waals surface area contributed by atoms with Crippen LogP contribution in [0.1, 0.15) is 24.1 Å². The fourth-order valence-corrected chi connectivity index (χ4v) is 1.74. The van der Waals surface area contributed by atoms with E-state index in [1.807, 2.05) is 17.8 Å². The van der Waals surface area contributed by atoms with Crippen LogP contribution in [0.15, 0.2) is 36.7 Å². The minimum atomic E-state index is -0.256. The van der Waals surface area contributed by atoms with E-state index in [-0.39, 0.29) is 11.9 Å². The summed E-state index contributed by atoms with van der Waals surface area (Å²) >= 11 is 0. The monoisotopic (exact) mass is 234 g/mol. The van der Waals surface area contributed by atoms with Crippen LogP contribution >= 0.6 is 0 Å². The van der Waals surface area contributed by atoms with Crippen molar-refractivity contribution < 1.29 is 4.39 Å². The first-order valence-electron chi connectivity index (χ1n) is 5.48. The lowest BCUT2D eigenvalue weighted by atomic mass is 10.0. The summed E-state index contributed by atoms with van der Waals surface area (Å²) in [7, 11) is 0. The molecule has 1 heterocycles. The molecule has 1 aromatic heterocycles. The molecule has 90 valence electrons. The zero-order valence-corrected chi connectivity index (χ0v) is 9.60. The number of nitrogens with one attached hydrogen (secondary N) is 1. The van der Waals surface area contributed by atoms with E-state index in [0.29, 0.717) is 0 Å². The van der Waals surface area contributed by atoms with E-state index in [1.54, 1.807) is 18.3 Å². The molecule has 0 bridgehead atoms. The highest BCUT2D eigenvalue weighted by Gasteiger charge is 2.14. The molecule has 0 aliphatic heterocycles. The van der Waals surface area contributed by atoms with Crippen LogP contribution in [0.5, 0.6) is 0 Å². The summed E-state index contributed by atoms with van der Waals surface area (Å²) in [5.41, 5.74) is 4.58. The van der Waals surface area contributed by atoms with Gasteiger partial charge in [-0.1, -0.05) is 12.1 Å². The Kier molecular flexibility index (Phi) is 3.51. The van der Waals surface area contributed by atoms with Gasteiger partial charge in [-0.2, -0.15) is 5.10 Å². The maximum atomic E-state index is 12.8. The van der Waals surface area contributed by atoms with Crippen LogP contribution in [0.25, 0.3) is 0 Å². The van der Waals surface area contributed by atoms with Gasteiger partial charge in [0.05, 0.1) is 12.2 Å². The van der Waals surface area contributed by atoms with Crippen molar-refractivity contribution in [3.8, 4) is 0 Å². The molecule has 5 heteroatoms. The van der Waals surface area contributed by atoms with Gasteiger partial charge in [0.1, 0.15) is 5.82 Å². The van der Waals surface area contributed by atoms with Gasteiger partial charge in [-0.25, -0.2) is 9.82 Å². The van der Waals surface area contributed by atoms with E-state index in [4.69, 9.17) is 5.84 Å². The Bertz CT molecular complexity index is 478. The highest BCUT2D eigenvalue weighted by Crippen LogP contribution is 2.20. The van der Waals surface area contributed by atoms with Crippen molar-refractivity contribution in [2.75, 3.05) is 0 Å². The Labute approximate surface area is 99.2 Å². The first-order valence-corrected chi connectivity index (χ1v) is 5.48. The summed E-state index contributed by atoms with van der Waals surface area (Å²) in [6.45, 7) is 2.82. The lowest BCUT2D eigenvalue weighted by Gasteiger charge is -2.14. The van der Waals surface area contributed by atoms with E-state index in [1.165, 1.54) is 12.1 Å². The number of aromatic nitrogens is 2. The van der Waals surface area contributed by atoms with E-state index < -0.39 is 0 Å². The van der Waals surface area contributed by atoms with Crippen LogP contribution in [0, 0.1) is 5.82 Å². The number of aryl methyl sites for hydroxylation is 1. The first-order chi connectivity index (χ1) is 8.24. The highest BCUT2D eigenvalue weighted by molar-refractivity contribution is 5.29. The molecule has 0 spiro atoms. The van der Waals surface area contributed by atoms with Crippen molar-refractivity contribution in [3.63, 3.8) is 0 Å². The van der Waals surface area contributed by atoms with Gasteiger partial charge in [-0.15, -0.1) is 0 Å². The number of nitrogens with zero attached hydrogens (tertiary/aromatic N) is 2. The maximum Gasteiger partial charge on any atom is 0.123 e. The molecular formula is C12H15FN4. The largest absolute Gasteiger partial charge is 0.273 e. The van der Waals surface area contributed by atoms with Crippen molar-refractivity contribution in [2.45, 2.75) is 19.5 Å². The van der Waals surface area contributed by atoms with Crippen LogP contribution in [0.3, 0.4) is 0 Å². The summed E-state index contributed by atoms with van der Waals surface area (Å²) in [5.74, 6) is 5.29. The number of nitrogens with two attached hydrogens (primary N) is 1. The quantitative estimate of drug-likeness (QED) is 0.624. The van der Waals surface area contributed by atoms with Crippen molar-refractivity contribution in [3.05, 3.63) is 53.6 Å². The minimum Gasteiger partial charge on any atom is -0.273 e. The Morgan fingerprint density at radius 3 is 2.59 bits per heavy atom. The molecule has 0 fully saturated rings. The summed E-state index contributed by atoms with van der Waals surface area (Å²) in [5, 5.41) is 4.19. The Hall–Kier alpha value is -1.72. The lowest BCUT2D eigenvalue weighted by molar-refractivity contribution is 0.614. The van der Waals surface area contributed by atoms with Crippen LogP contribution in [0.4, 0.5) is 4.39 Å². The highest BCUT2D eigenvalue weighted by atomic mass is 19.1. The molecule has 2 rings (SSSR count). The van der Waals surface area contributed by atoms with Crippen LogP contribution in [-0.2, 0) is 6.54 Å². The third kappa shape index (κ3) is 2.51. The SMILES string of the molecule is CCn1cc(C(NN)c2ccc(F)cc2)cn1. The third-order valence-electron chi connectivity index (χ3n) is 2.68. The fourth-order valence-electron chi connectivity index (χ4n) is 1.74. The number of hydrazine groups is 1. The zero-order valence-electron chi connectivity index (χ0n) is 9.60. The van der Waals surface area contributed by atoms with Gasteiger partial charge in [-0.05, 0) is 24.6 Å². The molecule has 0 aliphatic rings. The average Bonchev–Trinajstić information content (AvgIpc) is 2.81. The first kappa shape index (κ1) is 11.8. The summed E-state index contributed by atoms with van der Waals surface area (Å²) in [4.78, 5) is 0. The molecule has 0 aliphatic carbocycles. The average molecular weight is 234 g/mol.